The third-order valence-corrected chi connectivity index (χ3v) is 7.57. The molecule has 6 nitrogen and oxygen atoms in total. The molecule has 0 spiro atoms. The van der Waals surface area contributed by atoms with E-state index in [0.717, 1.165) is 79.7 Å². The second-order valence-corrected chi connectivity index (χ2v) is 9.70. The summed E-state index contributed by atoms with van der Waals surface area (Å²) in [5.41, 5.74) is 6.14. The zero-order valence-corrected chi connectivity index (χ0v) is 20.1. The summed E-state index contributed by atoms with van der Waals surface area (Å²) in [6.45, 7) is 0. The number of aromatic nitrogens is 2. The predicted molar refractivity (Wildman–Crippen MR) is 142 cm³/mol. The Kier molecular flexibility index (Phi) is 4.65. The number of nitrogens with zero attached hydrogens (tertiary/aromatic N) is 5. The van der Waals surface area contributed by atoms with Gasteiger partial charge in [-0.3, -0.25) is 0 Å². The van der Waals surface area contributed by atoms with Crippen molar-refractivity contribution in [3.8, 4) is 44.8 Å². The molecular formula is C28H13N5OS2. The number of nitriles is 2. The summed E-state index contributed by atoms with van der Waals surface area (Å²) in [5.74, 6) is 1.53. The molecule has 0 saturated carbocycles. The Morgan fingerprint density at radius 1 is 0.667 bits per heavy atom. The van der Waals surface area contributed by atoms with Crippen molar-refractivity contribution in [2.24, 2.45) is 0 Å². The Hall–Kier alpha value is -4.50. The summed E-state index contributed by atoms with van der Waals surface area (Å²) < 4.78 is 6.22. The molecule has 1 aliphatic carbocycles. The Morgan fingerprint density at radius 3 is 1.97 bits per heavy atom. The molecule has 0 unspecified atom stereocenters. The molecule has 5 aromatic rings. The standard InChI is InChI=1S/C28H13N5OS2/c29-14-35-27-28(36-15-30)32-26-24-20(13-12-16-6-5-7-17(23(16)24)25(26)31-27)33-18-8-1-3-10-21(18)34-22-11-4-2-9-19(22)33/h1-13H. The fourth-order valence-electron chi connectivity index (χ4n) is 4.94. The molecule has 2 aliphatic rings. The van der Waals surface area contributed by atoms with E-state index in [1.807, 2.05) is 60.7 Å². The SMILES string of the molecule is N#CSc1nc2c(nc1SC#N)-c1c(N3c4ccccc4Oc4ccccc43)ccc3cccc-2c13. The van der Waals surface area contributed by atoms with E-state index in [2.05, 4.69) is 33.9 Å². The molecule has 0 atom stereocenters. The van der Waals surface area contributed by atoms with Gasteiger partial charge >= 0.3 is 0 Å². The van der Waals surface area contributed by atoms with Gasteiger partial charge in [-0.1, -0.05) is 48.5 Å². The maximum Gasteiger partial charge on any atom is 0.151 e. The smallest absolute Gasteiger partial charge is 0.151 e. The van der Waals surface area contributed by atoms with Crippen LogP contribution in [-0.2, 0) is 0 Å². The van der Waals surface area contributed by atoms with Crippen molar-refractivity contribution in [3.63, 3.8) is 0 Å². The third-order valence-electron chi connectivity index (χ3n) is 6.31. The predicted octanol–water partition coefficient (Wildman–Crippen LogP) is 8.00. The highest BCUT2D eigenvalue weighted by molar-refractivity contribution is 8.06. The normalized spacial score (nSPS) is 12.2. The highest BCUT2D eigenvalue weighted by Crippen LogP contribution is 2.56. The van der Waals surface area contributed by atoms with Crippen LogP contribution in [0.5, 0.6) is 11.5 Å². The van der Waals surface area contributed by atoms with Crippen molar-refractivity contribution in [2.45, 2.75) is 10.1 Å². The molecule has 36 heavy (non-hydrogen) atoms. The van der Waals surface area contributed by atoms with Crippen LogP contribution in [0.2, 0.25) is 0 Å². The fraction of sp³-hybridized carbons (Fsp3) is 0. The van der Waals surface area contributed by atoms with Gasteiger partial charge in [-0.15, -0.1) is 0 Å². The van der Waals surface area contributed by atoms with Crippen molar-refractivity contribution in [3.05, 3.63) is 78.9 Å². The van der Waals surface area contributed by atoms with E-state index < -0.39 is 0 Å². The third kappa shape index (κ3) is 2.93. The van der Waals surface area contributed by atoms with Crippen molar-refractivity contribution in [1.29, 1.82) is 10.5 Å². The van der Waals surface area contributed by atoms with Crippen molar-refractivity contribution < 1.29 is 4.74 Å². The van der Waals surface area contributed by atoms with Crippen molar-refractivity contribution >= 4 is 51.4 Å². The number of para-hydroxylation sites is 4. The van der Waals surface area contributed by atoms with Gasteiger partial charge in [0, 0.05) is 40.0 Å². The van der Waals surface area contributed by atoms with E-state index in [9.17, 15) is 10.5 Å². The number of thiocyanates is 2. The first-order valence-corrected chi connectivity index (χ1v) is 12.7. The van der Waals surface area contributed by atoms with Crippen LogP contribution in [-0.4, -0.2) is 9.97 Å². The van der Waals surface area contributed by atoms with Crippen LogP contribution in [0, 0.1) is 21.3 Å². The summed E-state index contributed by atoms with van der Waals surface area (Å²) in [6.07, 6.45) is 0. The van der Waals surface area contributed by atoms with Crippen LogP contribution < -0.4 is 9.64 Å². The lowest BCUT2D eigenvalue weighted by Crippen LogP contribution is -2.16. The number of ether oxygens (including phenoxy) is 1. The molecule has 1 aromatic heterocycles. The van der Waals surface area contributed by atoms with Crippen LogP contribution in [0.1, 0.15) is 0 Å². The molecule has 7 rings (SSSR count). The van der Waals surface area contributed by atoms with Crippen molar-refractivity contribution in [2.75, 3.05) is 4.90 Å². The molecule has 2 heterocycles. The molecule has 1 aliphatic heterocycles. The average Bonchev–Trinajstić information content (AvgIpc) is 3.23. The number of fused-ring (bicyclic) bond motifs is 5. The van der Waals surface area contributed by atoms with E-state index in [1.165, 1.54) is 0 Å². The van der Waals surface area contributed by atoms with Gasteiger partial charge < -0.3 is 9.64 Å². The Bertz CT molecular complexity index is 1780. The van der Waals surface area contributed by atoms with E-state index in [4.69, 9.17) is 14.7 Å². The zero-order valence-electron chi connectivity index (χ0n) is 18.5. The van der Waals surface area contributed by atoms with Gasteiger partial charge in [-0.25, -0.2) is 9.97 Å². The molecule has 0 amide bonds. The quantitative estimate of drug-likeness (QED) is 0.178. The van der Waals surface area contributed by atoms with Gasteiger partial charge in [0.1, 0.15) is 26.5 Å². The first-order valence-electron chi connectivity index (χ1n) is 11.0. The van der Waals surface area contributed by atoms with E-state index >= 15 is 0 Å². The Labute approximate surface area is 214 Å². The van der Waals surface area contributed by atoms with E-state index in [-0.39, 0.29) is 0 Å². The molecule has 0 bridgehead atoms. The largest absolute Gasteiger partial charge is 0.453 e. The lowest BCUT2D eigenvalue weighted by Gasteiger charge is -2.33. The topological polar surface area (TPSA) is 85.8 Å². The van der Waals surface area contributed by atoms with Crippen LogP contribution >= 0.6 is 23.5 Å². The fourth-order valence-corrected chi connectivity index (χ4v) is 5.90. The molecule has 0 radical (unpaired) electrons. The van der Waals surface area contributed by atoms with Gasteiger partial charge in [0.25, 0.3) is 0 Å². The number of hydrogen-bond acceptors (Lipinski definition) is 8. The lowest BCUT2D eigenvalue weighted by molar-refractivity contribution is 0.477. The molecular weight excluding hydrogens is 486 g/mol. The number of benzene rings is 4. The maximum absolute atomic E-state index is 9.39. The molecule has 8 heteroatoms. The summed E-state index contributed by atoms with van der Waals surface area (Å²) in [5, 5.41) is 25.9. The molecule has 4 aromatic carbocycles. The highest BCUT2D eigenvalue weighted by Gasteiger charge is 2.33. The number of hydrogen-bond donors (Lipinski definition) is 0. The van der Waals surface area contributed by atoms with Crippen LogP contribution in [0.4, 0.5) is 17.1 Å². The summed E-state index contributed by atoms with van der Waals surface area (Å²) >= 11 is 1.84. The first kappa shape index (κ1) is 20.8. The Balaban J connectivity index is 1.57. The van der Waals surface area contributed by atoms with Gasteiger partial charge in [0.05, 0.1) is 22.8 Å². The lowest BCUT2D eigenvalue weighted by atomic mass is 10.0. The molecule has 0 N–H and O–H groups in total. The monoisotopic (exact) mass is 499 g/mol. The molecule has 168 valence electrons. The number of thioether (sulfide) groups is 2. The average molecular weight is 500 g/mol. The number of anilines is 3. The summed E-state index contributed by atoms with van der Waals surface area (Å²) in [4.78, 5) is 12.0. The molecule has 0 saturated heterocycles. The van der Waals surface area contributed by atoms with Crippen LogP contribution in [0.25, 0.3) is 33.3 Å². The maximum atomic E-state index is 9.39. The Morgan fingerprint density at radius 2 is 1.31 bits per heavy atom. The highest BCUT2D eigenvalue weighted by atomic mass is 32.2. The van der Waals surface area contributed by atoms with Crippen LogP contribution in [0.15, 0.2) is 88.9 Å². The second-order valence-electron chi connectivity index (χ2n) is 8.15. The van der Waals surface area contributed by atoms with E-state index in [1.54, 1.807) is 0 Å². The van der Waals surface area contributed by atoms with Crippen molar-refractivity contribution in [1.82, 2.24) is 9.97 Å². The second kappa shape index (κ2) is 8.03. The minimum Gasteiger partial charge on any atom is -0.453 e. The van der Waals surface area contributed by atoms with Gasteiger partial charge in [-0.05, 0) is 35.7 Å². The minimum absolute atomic E-state index is 0.432. The van der Waals surface area contributed by atoms with E-state index in [0.29, 0.717) is 15.7 Å². The first-order chi connectivity index (χ1) is 17.8. The van der Waals surface area contributed by atoms with Gasteiger partial charge in [0.2, 0.25) is 0 Å². The molecule has 0 fully saturated rings. The van der Waals surface area contributed by atoms with Crippen LogP contribution in [0.3, 0.4) is 0 Å². The number of rotatable bonds is 3. The minimum atomic E-state index is 0.432. The van der Waals surface area contributed by atoms with Gasteiger partial charge in [0.15, 0.2) is 11.5 Å². The summed E-state index contributed by atoms with van der Waals surface area (Å²) in [7, 11) is 0. The summed E-state index contributed by atoms with van der Waals surface area (Å²) in [6, 6.07) is 26.3. The zero-order chi connectivity index (χ0) is 24.2. The van der Waals surface area contributed by atoms with Gasteiger partial charge in [-0.2, -0.15) is 10.5 Å².